The van der Waals surface area contributed by atoms with Crippen LogP contribution in [-0.2, 0) is 7.05 Å². The second kappa shape index (κ2) is 5.72. The molecule has 22 heavy (non-hydrogen) atoms. The zero-order chi connectivity index (χ0) is 15.6. The van der Waals surface area contributed by atoms with Crippen LogP contribution in [0.1, 0.15) is 17.0 Å². The van der Waals surface area contributed by atoms with Gasteiger partial charge < -0.3 is 19.9 Å². The second-order valence-corrected chi connectivity index (χ2v) is 5.50. The molecule has 0 spiro atoms. The van der Waals surface area contributed by atoms with Crippen LogP contribution in [0.25, 0.3) is 0 Å². The summed E-state index contributed by atoms with van der Waals surface area (Å²) < 4.78 is 1.64. The van der Waals surface area contributed by atoms with E-state index in [1.165, 1.54) is 0 Å². The van der Waals surface area contributed by atoms with Crippen LogP contribution in [0, 0.1) is 0 Å². The number of nitrogens with one attached hydrogen (secondary N) is 1. The number of hydrogen-bond donors (Lipinski definition) is 2. The minimum absolute atomic E-state index is 0.176. The lowest BCUT2D eigenvalue weighted by Gasteiger charge is -2.24. The zero-order valence-corrected chi connectivity index (χ0v) is 12.3. The number of rotatable bonds is 4. The number of hydrogen-bond acceptors (Lipinski definition) is 6. The van der Waals surface area contributed by atoms with E-state index in [-0.39, 0.29) is 12.5 Å². The lowest BCUT2D eigenvalue weighted by atomic mass is 10.0. The second-order valence-electron chi connectivity index (χ2n) is 5.50. The summed E-state index contributed by atoms with van der Waals surface area (Å²) in [6.07, 6.45) is 8.72. The van der Waals surface area contributed by atoms with Crippen molar-refractivity contribution in [2.45, 2.75) is 12.0 Å². The first-order valence-corrected chi connectivity index (χ1v) is 7.06. The van der Waals surface area contributed by atoms with Crippen LogP contribution in [0.15, 0.2) is 31.0 Å². The third kappa shape index (κ3) is 2.91. The Morgan fingerprint density at radius 3 is 2.95 bits per heavy atom. The molecule has 1 atom stereocenters. The van der Waals surface area contributed by atoms with Crippen molar-refractivity contribution in [3.8, 4) is 0 Å². The highest BCUT2D eigenvalue weighted by molar-refractivity contribution is 5.90. The van der Waals surface area contributed by atoms with E-state index in [0.29, 0.717) is 25.3 Å². The Kier molecular flexibility index (Phi) is 3.76. The number of carbonyl (C=O) groups is 1. The number of aromatic nitrogens is 4. The smallest absolute Gasteiger partial charge is 0.287 e. The van der Waals surface area contributed by atoms with Gasteiger partial charge in [0.1, 0.15) is 11.4 Å². The van der Waals surface area contributed by atoms with Crippen molar-refractivity contribution < 1.29 is 9.90 Å². The summed E-state index contributed by atoms with van der Waals surface area (Å²) in [6.45, 7) is 1.26. The minimum atomic E-state index is -0.974. The molecule has 0 unspecified atom stereocenters. The first-order chi connectivity index (χ1) is 10.6. The van der Waals surface area contributed by atoms with E-state index in [4.69, 9.17) is 0 Å². The number of carbonyl (C=O) groups excluding carboxylic acids is 1. The van der Waals surface area contributed by atoms with Gasteiger partial charge in [0, 0.05) is 51.5 Å². The molecule has 2 aromatic rings. The molecule has 1 aliphatic heterocycles. The first-order valence-electron chi connectivity index (χ1n) is 7.06. The Morgan fingerprint density at radius 1 is 1.41 bits per heavy atom. The molecule has 3 heterocycles. The van der Waals surface area contributed by atoms with Crippen LogP contribution in [0.4, 0.5) is 5.82 Å². The van der Waals surface area contributed by atoms with Gasteiger partial charge in [-0.05, 0) is 6.42 Å². The normalized spacial score (nSPS) is 21.1. The molecule has 3 rings (SSSR count). The van der Waals surface area contributed by atoms with E-state index >= 15 is 0 Å². The molecule has 0 bridgehead atoms. The summed E-state index contributed by atoms with van der Waals surface area (Å²) in [5.74, 6) is 0.764. The Bertz CT molecular complexity index is 658. The largest absolute Gasteiger partial charge is 0.386 e. The van der Waals surface area contributed by atoms with Crippen molar-refractivity contribution in [2.24, 2.45) is 7.05 Å². The predicted octanol–water partition coefficient (Wildman–Crippen LogP) is -0.419. The number of β-amino-alcohol motifs (C(OH)–C–C–N with tert-alkyl or cyclic N) is 1. The topological polar surface area (TPSA) is 96.2 Å². The molecule has 1 amide bonds. The number of amides is 1. The maximum absolute atomic E-state index is 12.0. The fraction of sp³-hybridized carbons (Fsp3) is 0.429. The van der Waals surface area contributed by atoms with E-state index in [2.05, 4.69) is 20.3 Å². The molecule has 8 nitrogen and oxygen atoms in total. The summed E-state index contributed by atoms with van der Waals surface area (Å²) >= 11 is 0. The van der Waals surface area contributed by atoms with E-state index in [9.17, 15) is 9.90 Å². The van der Waals surface area contributed by atoms with Crippen molar-refractivity contribution >= 4 is 11.7 Å². The van der Waals surface area contributed by atoms with Gasteiger partial charge in [0.05, 0.1) is 6.20 Å². The molecule has 1 saturated heterocycles. The Balaban J connectivity index is 1.59. The molecule has 0 aromatic carbocycles. The number of anilines is 1. The third-order valence-corrected chi connectivity index (χ3v) is 3.81. The monoisotopic (exact) mass is 302 g/mol. The SMILES string of the molecule is Cn1ccnc1C(=O)NC[C@@]1(O)CCN(c2cnccn2)C1. The third-order valence-electron chi connectivity index (χ3n) is 3.81. The molecule has 0 radical (unpaired) electrons. The Hall–Kier alpha value is -2.48. The van der Waals surface area contributed by atoms with Crippen LogP contribution in [0.2, 0.25) is 0 Å². The van der Waals surface area contributed by atoms with Crippen molar-refractivity contribution in [1.29, 1.82) is 0 Å². The van der Waals surface area contributed by atoms with Crippen LogP contribution in [0.5, 0.6) is 0 Å². The molecule has 0 aliphatic carbocycles. The highest BCUT2D eigenvalue weighted by Gasteiger charge is 2.37. The molecule has 2 aromatic heterocycles. The van der Waals surface area contributed by atoms with Crippen LogP contribution in [0.3, 0.4) is 0 Å². The van der Waals surface area contributed by atoms with E-state index < -0.39 is 5.60 Å². The highest BCUT2D eigenvalue weighted by atomic mass is 16.3. The summed E-state index contributed by atoms with van der Waals surface area (Å²) in [5.41, 5.74) is -0.974. The van der Waals surface area contributed by atoms with Crippen LogP contribution < -0.4 is 10.2 Å². The minimum Gasteiger partial charge on any atom is -0.386 e. The molecular weight excluding hydrogens is 284 g/mol. The number of imidazole rings is 1. The molecule has 8 heteroatoms. The van der Waals surface area contributed by atoms with Gasteiger partial charge in [0.25, 0.3) is 5.91 Å². The summed E-state index contributed by atoms with van der Waals surface area (Å²) in [5, 5.41) is 13.4. The van der Waals surface area contributed by atoms with Crippen molar-refractivity contribution in [3.63, 3.8) is 0 Å². The van der Waals surface area contributed by atoms with Gasteiger partial charge in [0.15, 0.2) is 5.82 Å². The highest BCUT2D eigenvalue weighted by Crippen LogP contribution is 2.24. The predicted molar refractivity (Wildman–Crippen MR) is 79.4 cm³/mol. The maximum atomic E-state index is 12.0. The quantitative estimate of drug-likeness (QED) is 0.796. The van der Waals surface area contributed by atoms with Gasteiger partial charge in [-0.15, -0.1) is 0 Å². The summed E-state index contributed by atoms with van der Waals surface area (Å²) in [7, 11) is 1.75. The Labute approximate surface area is 127 Å². The Morgan fingerprint density at radius 2 is 2.27 bits per heavy atom. The van der Waals surface area contributed by atoms with Gasteiger partial charge >= 0.3 is 0 Å². The lowest BCUT2D eigenvalue weighted by Crippen LogP contribution is -2.45. The van der Waals surface area contributed by atoms with E-state index in [1.54, 1.807) is 42.6 Å². The van der Waals surface area contributed by atoms with E-state index in [0.717, 1.165) is 5.82 Å². The fourth-order valence-electron chi connectivity index (χ4n) is 2.56. The lowest BCUT2D eigenvalue weighted by molar-refractivity contribution is 0.0571. The van der Waals surface area contributed by atoms with Crippen LogP contribution in [-0.4, -0.2) is 55.8 Å². The summed E-state index contributed by atoms with van der Waals surface area (Å²) in [4.78, 5) is 26.2. The number of aryl methyl sites for hydroxylation is 1. The van der Waals surface area contributed by atoms with Gasteiger partial charge in [-0.1, -0.05) is 0 Å². The maximum Gasteiger partial charge on any atom is 0.287 e. The van der Waals surface area contributed by atoms with Crippen molar-refractivity contribution in [1.82, 2.24) is 24.8 Å². The van der Waals surface area contributed by atoms with Crippen molar-refractivity contribution in [3.05, 3.63) is 36.8 Å². The molecule has 1 fully saturated rings. The summed E-state index contributed by atoms with van der Waals surface area (Å²) in [6, 6.07) is 0. The van der Waals surface area contributed by atoms with Gasteiger partial charge in [-0.3, -0.25) is 9.78 Å². The average molecular weight is 302 g/mol. The molecule has 0 saturated carbocycles. The molecule has 1 aliphatic rings. The standard InChI is InChI=1S/C14H18N6O2/c1-19-7-5-17-12(19)13(21)18-9-14(22)2-6-20(10-14)11-8-15-3-4-16-11/h3-5,7-8,22H,2,6,9-10H2,1H3,(H,18,21)/t14-/m0/s1. The van der Waals surface area contributed by atoms with Gasteiger partial charge in [0.2, 0.25) is 0 Å². The van der Waals surface area contributed by atoms with E-state index in [1.807, 2.05) is 4.90 Å². The number of aliphatic hydroxyl groups is 1. The fourth-order valence-corrected chi connectivity index (χ4v) is 2.56. The molecule has 116 valence electrons. The molecule has 2 N–H and O–H groups in total. The average Bonchev–Trinajstić information content (AvgIpc) is 3.13. The van der Waals surface area contributed by atoms with Crippen molar-refractivity contribution in [2.75, 3.05) is 24.5 Å². The molecular formula is C14H18N6O2. The number of nitrogens with zero attached hydrogens (tertiary/aromatic N) is 5. The zero-order valence-electron chi connectivity index (χ0n) is 12.3. The van der Waals surface area contributed by atoms with Gasteiger partial charge in [-0.25, -0.2) is 9.97 Å². The first kappa shape index (κ1) is 14.5. The van der Waals surface area contributed by atoms with Crippen LogP contribution >= 0.6 is 0 Å². The van der Waals surface area contributed by atoms with Gasteiger partial charge in [-0.2, -0.15) is 0 Å².